The second-order valence-corrected chi connectivity index (χ2v) is 6.33. The van der Waals surface area contributed by atoms with Gasteiger partial charge < -0.3 is 10.0 Å². The molecule has 2 atom stereocenters. The zero-order valence-electron chi connectivity index (χ0n) is 13.0. The van der Waals surface area contributed by atoms with Crippen molar-refractivity contribution in [3.63, 3.8) is 0 Å². The van der Waals surface area contributed by atoms with Crippen LogP contribution in [-0.2, 0) is 11.2 Å². The van der Waals surface area contributed by atoms with E-state index in [4.69, 9.17) is 0 Å². The number of carbonyl (C=O) groups excluding carboxylic acids is 1. The largest absolute Gasteiger partial charge is 0.393 e. The lowest BCUT2D eigenvalue weighted by Gasteiger charge is -2.26. The maximum atomic E-state index is 12.6. The van der Waals surface area contributed by atoms with Crippen LogP contribution in [0.5, 0.6) is 0 Å². The molecule has 3 rings (SSSR count). The Kier molecular flexibility index (Phi) is 4.44. The highest BCUT2D eigenvalue weighted by Crippen LogP contribution is 2.23. The van der Waals surface area contributed by atoms with E-state index in [0.29, 0.717) is 12.8 Å². The summed E-state index contributed by atoms with van der Waals surface area (Å²) in [6.07, 6.45) is 2.83. The summed E-state index contributed by atoms with van der Waals surface area (Å²) in [4.78, 5) is 14.5. The van der Waals surface area contributed by atoms with Gasteiger partial charge in [0.1, 0.15) is 0 Å². The molecule has 3 nitrogen and oxygen atoms in total. The number of hydrogen-bond donors (Lipinski definition) is 1. The van der Waals surface area contributed by atoms with Crippen molar-refractivity contribution in [1.82, 2.24) is 4.90 Å². The summed E-state index contributed by atoms with van der Waals surface area (Å²) in [5.41, 5.74) is 1.06. The molecule has 0 saturated carbocycles. The Bertz CT molecular complexity index is 665. The van der Waals surface area contributed by atoms with Gasteiger partial charge in [0, 0.05) is 12.6 Å². The van der Waals surface area contributed by atoms with Crippen LogP contribution >= 0.6 is 0 Å². The third-order valence-electron chi connectivity index (χ3n) is 4.48. The molecule has 22 heavy (non-hydrogen) atoms. The molecule has 1 saturated heterocycles. The van der Waals surface area contributed by atoms with Crippen LogP contribution < -0.4 is 0 Å². The van der Waals surface area contributed by atoms with Crippen molar-refractivity contribution in [1.29, 1.82) is 0 Å². The Morgan fingerprint density at radius 1 is 1.27 bits per heavy atom. The number of amides is 1. The summed E-state index contributed by atoms with van der Waals surface area (Å²) in [5.74, 6) is 0.179. The SMILES string of the molecule is CC(O)CC1CCCN1C(=O)Cc1ccc2ccccc2c1. The standard InChI is InChI=1S/C19H23NO2/c1-14(21)11-18-7-4-10-20(18)19(22)13-15-8-9-16-5-2-3-6-17(16)12-15/h2-3,5-6,8-9,12,14,18,21H,4,7,10-11,13H2,1H3. The Balaban J connectivity index is 1.72. The maximum Gasteiger partial charge on any atom is 0.227 e. The van der Waals surface area contributed by atoms with Crippen molar-refractivity contribution in [3.05, 3.63) is 48.0 Å². The molecule has 0 aliphatic carbocycles. The number of rotatable bonds is 4. The van der Waals surface area contributed by atoms with E-state index >= 15 is 0 Å². The molecule has 1 amide bonds. The normalized spacial score (nSPS) is 19.5. The van der Waals surface area contributed by atoms with E-state index in [0.717, 1.165) is 24.9 Å². The first kappa shape index (κ1) is 15.0. The van der Waals surface area contributed by atoms with Crippen molar-refractivity contribution in [3.8, 4) is 0 Å². The highest BCUT2D eigenvalue weighted by molar-refractivity contribution is 5.85. The van der Waals surface area contributed by atoms with Crippen LogP contribution in [0.25, 0.3) is 10.8 Å². The number of hydrogen-bond acceptors (Lipinski definition) is 2. The number of likely N-dealkylation sites (tertiary alicyclic amines) is 1. The van der Waals surface area contributed by atoms with Crippen LogP contribution in [0.3, 0.4) is 0 Å². The van der Waals surface area contributed by atoms with Gasteiger partial charge in [0.05, 0.1) is 12.5 Å². The Labute approximate surface area is 131 Å². The first-order valence-electron chi connectivity index (χ1n) is 8.08. The van der Waals surface area contributed by atoms with Crippen LogP contribution in [0.4, 0.5) is 0 Å². The van der Waals surface area contributed by atoms with Crippen molar-refractivity contribution >= 4 is 16.7 Å². The van der Waals surface area contributed by atoms with E-state index in [1.54, 1.807) is 6.92 Å². The van der Waals surface area contributed by atoms with Gasteiger partial charge in [0.2, 0.25) is 5.91 Å². The highest BCUT2D eigenvalue weighted by atomic mass is 16.3. The van der Waals surface area contributed by atoms with E-state index < -0.39 is 0 Å². The number of aliphatic hydroxyl groups excluding tert-OH is 1. The highest BCUT2D eigenvalue weighted by Gasteiger charge is 2.29. The minimum atomic E-state index is -0.348. The quantitative estimate of drug-likeness (QED) is 0.942. The number of benzene rings is 2. The molecule has 0 spiro atoms. The van der Waals surface area contributed by atoms with Crippen LogP contribution in [0.1, 0.15) is 31.7 Å². The minimum absolute atomic E-state index is 0.179. The minimum Gasteiger partial charge on any atom is -0.393 e. The van der Waals surface area contributed by atoms with Crippen LogP contribution in [0.15, 0.2) is 42.5 Å². The summed E-state index contributed by atoms with van der Waals surface area (Å²) >= 11 is 0. The molecule has 1 heterocycles. The van der Waals surface area contributed by atoms with Crippen molar-refractivity contribution in [2.75, 3.05) is 6.54 Å². The number of carbonyl (C=O) groups is 1. The van der Waals surface area contributed by atoms with Gasteiger partial charge in [0.25, 0.3) is 0 Å². The molecule has 2 aromatic carbocycles. The molecule has 1 aliphatic rings. The van der Waals surface area contributed by atoms with E-state index in [9.17, 15) is 9.90 Å². The average Bonchev–Trinajstić information content (AvgIpc) is 2.94. The van der Waals surface area contributed by atoms with Gasteiger partial charge in [0.15, 0.2) is 0 Å². The summed E-state index contributed by atoms with van der Waals surface area (Å²) in [5, 5.41) is 12.0. The number of aliphatic hydroxyl groups is 1. The molecule has 0 bridgehead atoms. The fourth-order valence-electron chi connectivity index (χ4n) is 3.43. The molecule has 1 aliphatic heterocycles. The Morgan fingerprint density at radius 3 is 2.82 bits per heavy atom. The molecule has 3 heteroatoms. The molecule has 2 aromatic rings. The van der Waals surface area contributed by atoms with E-state index in [-0.39, 0.29) is 18.1 Å². The summed E-state index contributed by atoms with van der Waals surface area (Å²) in [6, 6.07) is 14.6. The van der Waals surface area contributed by atoms with E-state index in [1.807, 2.05) is 23.1 Å². The zero-order valence-corrected chi connectivity index (χ0v) is 13.0. The molecule has 116 valence electrons. The molecule has 1 fully saturated rings. The monoisotopic (exact) mass is 297 g/mol. The molecule has 0 aromatic heterocycles. The number of fused-ring (bicyclic) bond motifs is 1. The van der Waals surface area contributed by atoms with E-state index in [1.165, 1.54) is 10.8 Å². The molecular weight excluding hydrogens is 274 g/mol. The first-order chi connectivity index (χ1) is 10.6. The summed E-state index contributed by atoms with van der Waals surface area (Å²) in [6.45, 7) is 2.62. The molecule has 0 radical (unpaired) electrons. The molecular formula is C19H23NO2. The van der Waals surface area contributed by atoms with Gasteiger partial charge in [-0.1, -0.05) is 42.5 Å². The van der Waals surface area contributed by atoms with E-state index in [2.05, 4.69) is 24.3 Å². The van der Waals surface area contributed by atoms with Gasteiger partial charge in [-0.15, -0.1) is 0 Å². The summed E-state index contributed by atoms with van der Waals surface area (Å²) < 4.78 is 0. The summed E-state index contributed by atoms with van der Waals surface area (Å²) in [7, 11) is 0. The second kappa shape index (κ2) is 6.49. The van der Waals surface area contributed by atoms with Gasteiger partial charge in [-0.25, -0.2) is 0 Å². The van der Waals surface area contributed by atoms with Crippen LogP contribution in [0, 0.1) is 0 Å². The zero-order chi connectivity index (χ0) is 15.5. The topological polar surface area (TPSA) is 40.5 Å². The first-order valence-corrected chi connectivity index (χ1v) is 8.08. The fraction of sp³-hybridized carbons (Fsp3) is 0.421. The van der Waals surface area contributed by atoms with Crippen molar-refractivity contribution in [2.24, 2.45) is 0 Å². The van der Waals surface area contributed by atoms with Crippen LogP contribution in [-0.4, -0.2) is 34.6 Å². The van der Waals surface area contributed by atoms with Crippen LogP contribution in [0.2, 0.25) is 0 Å². The molecule has 1 N–H and O–H groups in total. The smallest absolute Gasteiger partial charge is 0.227 e. The average molecular weight is 297 g/mol. The lowest BCUT2D eigenvalue weighted by atomic mass is 10.0. The fourth-order valence-corrected chi connectivity index (χ4v) is 3.43. The van der Waals surface area contributed by atoms with Crippen molar-refractivity contribution < 1.29 is 9.90 Å². The lowest BCUT2D eigenvalue weighted by molar-refractivity contribution is -0.131. The third-order valence-corrected chi connectivity index (χ3v) is 4.48. The van der Waals surface area contributed by atoms with Gasteiger partial charge >= 0.3 is 0 Å². The van der Waals surface area contributed by atoms with Gasteiger partial charge in [-0.05, 0) is 42.5 Å². The molecule has 2 unspecified atom stereocenters. The van der Waals surface area contributed by atoms with Crippen molar-refractivity contribution in [2.45, 2.75) is 44.8 Å². The lowest BCUT2D eigenvalue weighted by Crippen LogP contribution is -2.38. The second-order valence-electron chi connectivity index (χ2n) is 6.33. The third kappa shape index (κ3) is 3.30. The van der Waals surface area contributed by atoms with Gasteiger partial charge in [-0.2, -0.15) is 0 Å². The Hall–Kier alpha value is -1.87. The Morgan fingerprint density at radius 2 is 2.05 bits per heavy atom. The predicted octanol–water partition coefficient (Wildman–Crippen LogP) is 3.14. The maximum absolute atomic E-state index is 12.6. The number of nitrogens with zero attached hydrogens (tertiary/aromatic N) is 1. The predicted molar refractivity (Wildman–Crippen MR) is 88.7 cm³/mol. The van der Waals surface area contributed by atoms with Gasteiger partial charge in [-0.3, -0.25) is 4.79 Å².